The summed E-state index contributed by atoms with van der Waals surface area (Å²) in [5.74, 6) is -3.39. The van der Waals surface area contributed by atoms with Gasteiger partial charge in [0.15, 0.2) is 0 Å². The van der Waals surface area contributed by atoms with E-state index in [0.29, 0.717) is 0 Å². The highest BCUT2D eigenvalue weighted by Crippen LogP contribution is 2.54. The van der Waals surface area contributed by atoms with Gasteiger partial charge in [-0.15, -0.1) is 0 Å². The Labute approximate surface area is 169 Å². The van der Waals surface area contributed by atoms with Crippen LogP contribution in [0.15, 0.2) is 30.4 Å². The minimum absolute atomic E-state index is 0.460. The van der Waals surface area contributed by atoms with Gasteiger partial charge in [0.1, 0.15) is 5.75 Å². The van der Waals surface area contributed by atoms with Crippen LogP contribution in [0, 0.1) is 0 Å². The van der Waals surface area contributed by atoms with Gasteiger partial charge in [-0.25, -0.2) is 4.79 Å². The molecule has 0 unspecified atom stereocenters. The third-order valence-electron chi connectivity index (χ3n) is 3.94. The fourth-order valence-electron chi connectivity index (χ4n) is 2.25. The topological polar surface area (TPSA) is 66.8 Å². The van der Waals surface area contributed by atoms with E-state index in [1.54, 1.807) is 0 Å². The number of carbonyl (C=O) groups is 1. The number of halogens is 12. The number of alkyl halides is 12. The predicted molar refractivity (Wildman–Crippen MR) is 78.9 cm³/mol. The smallest absolute Gasteiger partial charge is 0.423 e. The second-order valence-corrected chi connectivity index (χ2v) is 6.33. The molecule has 1 aromatic carbocycles. The minimum atomic E-state index is -6.73. The highest BCUT2D eigenvalue weighted by atomic mass is 19.4. The quantitative estimate of drug-likeness (QED) is 0.274. The van der Waals surface area contributed by atoms with Crippen LogP contribution >= 0.6 is 0 Å². The van der Waals surface area contributed by atoms with Crippen LogP contribution in [0.4, 0.5) is 52.7 Å². The maximum Gasteiger partial charge on any atom is 0.430 e. The molecule has 0 saturated carbocycles. The zero-order valence-corrected chi connectivity index (χ0v) is 15.2. The van der Waals surface area contributed by atoms with Crippen molar-refractivity contribution in [2.45, 2.75) is 42.8 Å². The molecule has 0 aliphatic rings. The fourth-order valence-corrected chi connectivity index (χ4v) is 2.25. The van der Waals surface area contributed by atoms with Crippen LogP contribution in [0.3, 0.4) is 0 Å². The molecular formula is C16H10F12O4. The Kier molecular flexibility index (Phi) is 6.74. The number of hydrogen-bond donors (Lipinski definition) is 2. The lowest BCUT2D eigenvalue weighted by molar-refractivity contribution is -0.378. The van der Waals surface area contributed by atoms with Crippen molar-refractivity contribution in [3.05, 3.63) is 41.5 Å². The first kappa shape index (κ1) is 27.5. The van der Waals surface area contributed by atoms with E-state index < -0.39 is 82.5 Å². The maximum absolute atomic E-state index is 13.1. The molecule has 16 heteroatoms. The highest BCUT2D eigenvalue weighted by molar-refractivity contribution is 5.88. The Bertz CT molecular complexity index is 808. The average molecular weight is 494 g/mol. The summed E-state index contributed by atoms with van der Waals surface area (Å²) in [6, 6.07) is -1.92. The summed E-state index contributed by atoms with van der Waals surface area (Å²) in [5, 5.41) is 18.7. The van der Waals surface area contributed by atoms with Crippen molar-refractivity contribution >= 4 is 5.97 Å². The summed E-state index contributed by atoms with van der Waals surface area (Å²) in [5.41, 5.74) is -17.9. The Morgan fingerprint density at radius 3 is 1.22 bits per heavy atom. The van der Waals surface area contributed by atoms with Gasteiger partial charge >= 0.3 is 30.7 Å². The zero-order valence-electron chi connectivity index (χ0n) is 15.2. The third kappa shape index (κ3) is 4.51. The minimum Gasteiger partial charge on any atom is -0.423 e. The number of benzene rings is 1. The molecular weight excluding hydrogens is 484 g/mol. The number of hydrogen-bond acceptors (Lipinski definition) is 4. The van der Waals surface area contributed by atoms with Crippen LogP contribution in [-0.2, 0) is 16.0 Å². The van der Waals surface area contributed by atoms with E-state index in [1.807, 2.05) is 0 Å². The van der Waals surface area contributed by atoms with Crippen LogP contribution in [0.1, 0.15) is 18.1 Å². The van der Waals surface area contributed by atoms with Crippen LogP contribution in [0.5, 0.6) is 5.75 Å². The van der Waals surface area contributed by atoms with E-state index in [2.05, 4.69) is 11.3 Å². The molecule has 0 heterocycles. The van der Waals surface area contributed by atoms with Gasteiger partial charge in [-0.3, -0.25) is 0 Å². The Hall–Kier alpha value is -2.49. The fraction of sp³-hybridized carbons (Fsp3) is 0.438. The van der Waals surface area contributed by atoms with Gasteiger partial charge in [0.25, 0.3) is 11.2 Å². The molecule has 1 aromatic rings. The molecule has 2 N–H and O–H groups in total. The first-order valence-electron chi connectivity index (χ1n) is 7.66. The summed E-state index contributed by atoms with van der Waals surface area (Å²) in [6.07, 6.45) is -26.9. The summed E-state index contributed by atoms with van der Waals surface area (Å²) in [4.78, 5) is 11.5. The first-order valence-corrected chi connectivity index (χ1v) is 7.66. The molecule has 182 valence electrons. The lowest BCUT2D eigenvalue weighted by atomic mass is 9.85. The Morgan fingerprint density at radius 2 is 1.00 bits per heavy atom. The number of ether oxygens (including phenoxy) is 1. The lowest BCUT2D eigenvalue weighted by Gasteiger charge is -2.36. The summed E-state index contributed by atoms with van der Waals surface area (Å²) >= 11 is 0. The number of esters is 1. The van der Waals surface area contributed by atoms with Crippen molar-refractivity contribution in [3.8, 4) is 5.75 Å². The van der Waals surface area contributed by atoms with E-state index in [4.69, 9.17) is 0 Å². The van der Waals surface area contributed by atoms with E-state index in [1.165, 1.54) is 0 Å². The van der Waals surface area contributed by atoms with E-state index in [-0.39, 0.29) is 0 Å². The maximum atomic E-state index is 13.1. The predicted octanol–water partition coefficient (Wildman–Crippen LogP) is 4.79. The van der Waals surface area contributed by atoms with Crippen LogP contribution in [0.25, 0.3) is 0 Å². The third-order valence-corrected chi connectivity index (χ3v) is 3.94. The molecule has 0 aliphatic carbocycles. The Morgan fingerprint density at radius 1 is 0.719 bits per heavy atom. The highest BCUT2D eigenvalue weighted by Gasteiger charge is 2.74. The molecule has 0 saturated heterocycles. The van der Waals surface area contributed by atoms with Gasteiger partial charge < -0.3 is 14.9 Å². The van der Waals surface area contributed by atoms with E-state index in [0.717, 1.165) is 6.92 Å². The monoisotopic (exact) mass is 494 g/mol. The Balaban J connectivity index is 4.12. The number of rotatable bonds is 4. The van der Waals surface area contributed by atoms with Gasteiger partial charge in [0.05, 0.1) is 0 Å². The van der Waals surface area contributed by atoms with Crippen molar-refractivity contribution in [1.82, 2.24) is 0 Å². The summed E-state index contributed by atoms with van der Waals surface area (Å²) in [7, 11) is 0. The van der Waals surface area contributed by atoms with Gasteiger partial charge in [0.2, 0.25) is 0 Å². The SMILES string of the molecule is C=C(C)C(=O)Oc1cc(C(O)(C(F)(F)F)C(F)(F)F)cc(C(O)(C(F)(F)F)C(F)(F)F)c1. The standard InChI is InChI=1S/C16H10F12O4/c1-6(2)10(29)32-9-4-7(11(30,13(17,18)19)14(20,21)22)3-8(5-9)12(31,15(23,24)25)16(26,27)28/h3-5,30-31H,1H2,2H3. The molecule has 0 bridgehead atoms. The van der Waals surface area contributed by atoms with Crippen molar-refractivity contribution in [2.75, 3.05) is 0 Å². The second-order valence-electron chi connectivity index (χ2n) is 6.33. The molecule has 0 amide bonds. The zero-order chi connectivity index (χ0) is 25.7. The molecule has 0 aliphatic heterocycles. The summed E-state index contributed by atoms with van der Waals surface area (Å²) in [6.45, 7) is 3.83. The largest absolute Gasteiger partial charge is 0.430 e. The molecule has 0 fully saturated rings. The van der Waals surface area contributed by atoms with E-state index >= 15 is 0 Å². The van der Waals surface area contributed by atoms with Crippen molar-refractivity contribution in [1.29, 1.82) is 0 Å². The lowest BCUT2D eigenvalue weighted by Crippen LogP contribution is -2.55. The van der Waals surface area contributed by atoms with Gasteiger partial charge in [0, 0.05) is 16.7 Å². The van der Waals surface area contributed by atoms with E-state index in [9.17, 15) is 67.7 Å². The van der Waals surface area contributed by atoms with Crippen molar-refractivity contribution < 1.29 is 72.4 Å². The normalized spacial score (nSPS) is 14.3. The molecule has 0 spiro atoms. The second kappa shape index (κ2) is 7.83. The number of aliphatic hydroxyl groups is 2. The molecule has 0 radical (unpaired) electrons. The first-order chi connectivity index (χ1) is 13.9. The average Bonchev–Trinajstić information content (AvgIpc) is 2.55. The van der Waals surface area contributed by atoms with Crippen LogP contribution in [-0.4, -0.2) is 40.9 Å². The molecule has 0 atom stereocenters. The van der Waals surface area contributed by atoms with Crippen LogP contribution in [0.2, 0.25) is 0 Å². The van der Waals surface area contributed by atoms with Gasteiger partial charge in [-0.05, 0) is 25.1 Å². The molecule has 32 heavy (non-hydrogen) atoms. The molecule has 0 aromatic heterocycles. The van der Waals surface area contributed by atoms with Crippen molar-refractivity contribution in [3.63, 3.8) is 0 Å². The molecule has 1 rings (SSSR count). The molecule has 4 nitrogen and oxygen atoms in total. The van der Waals surface area contributed by atoms with Gasteiger partial charge in [-0.2, -0.15) is 52.7 Å². The summed E-state index contributed by atoms with van der Waals surface area (Å²) < 4.78 is 161. The van der Waals surface area contributed by atoms with Crippen molar-refractivity contribution in [2.24, 2.45) is 0 Å². The van der Waals surface area contributed by atoms with Crippen LogP contribution < -0.4 is 4.74 Å². The van der Waals surface area contributed by atoms with Gasteiger partial charge in [-0.1, -0.05) is 6.58 Å². The number of carbonyl (C=O) groups excluding carboxylic acids is 1.